The Morgan fingerprint density at radius 1 is 1.16 bits per heavy atom. The molecule has 0 heterocycles. The summed E-state index contributed by atoms with van der Waals surface area (Å²) < 4.78 is 5.36. The van der Waals surface area contributed by atoms with Crippen molar-refractivity contribution in [3.05, 3.63) is 42.0 Å². The normalized spacial score (nSPS) is 11.7. The van der Waals surface area contributed by atoms with Gasteiger partial charge in [-0.15, -0.1) is 11.8 Å². The van der Waals surface area contributed by atoms with E-state index in [1.54, 1.807) is 7.11 Å². The molecule has 98 valence electrons. The van der Waals surface area contributed by atoms with Crippen molar-refractivity contribution in [1.82, 2.24) is 0 Å². The molecule has 0 aromatic heterocycles. The first-order valence-corrected chi connectivity index (χ1v) is 6.41. The predicted molar refractivity (Wildman–Crippen MR) is 78.1 cm³/mol. The third-order valence-electron chi connectivity index (χ3n) is 3.22. The molecule has 0 aliphatic carbocycles. The fraction of sp³-hybridized carbons (Fsp3) is 0.294. The van der Waals surface area contributed by atoms with Crippen molar-refractivity contribution in [3.63, 3.8) is 0 Å². The molecule has 0 saturated carbocycles. The lowest BCUT2D eigenvalue weighted by Gasteiger charge is -2.14. The number of rotatable bonds is 4. The van der Waals surface area contributed by atoms with Gasteiger partial charge in [0.15, 0.2) is 0 Å². The number of aliphatic hydroxyl groups is 1. The summed E-state index contributed by atoms with van der Waals surface area (Å²) >= 11 is 0. The van der Waals surface area contributed by atoms with Gasteiger partial charge in [-0.3, -0.25) is 0 Å². The standard InChI is InChI=1S/C17H18O2/c1-3-4-5-10-16(18)14-11-12-17(19-2)15-9-7-6-8-13(14)15/h6-9,11-12,16,18H,5,10H2,1-2H3. The number of fused-ring (bicyclic) bond motifs is 1. The van der Waals surface area contributed by atoms with Crippen LogP contribution in [0.1, 0.15) is 31.4 Å². The number of benzene rings is 2. The van der Waals surface area contributed by atoms with Crippen molar-refractivity contribution in [1.29, 1.82) is 0 Å². The summed E-state index contributed by atoms with van der Waals surface area (Å²) in [5.41, 5.74) is 0.939. The van der Waals surface area contributed by atoms with Crippen LogP contribution in [0.2, 0.25) is 0 Å². The summed E-state index contributed by atoms with van der Waals surface area (Å²) in [6.45, 7) is 1.81. The van der Waals surface area contributed by atoms with E-state index in [0.717, 1.165) is 22.1 Å². The zero-order valence-corrected chi connectivity index (χ0v) is 11.3. The quantitative estimate of drug-likeness (QED) is 0.843. The SMILES string of the molecule is CC#CCCC(O)c1ccc(OC)c2ccccc12. The van der Waals surface area contributed by atoms with Crippen LogP contribution in [0.3, 0.4) is 0 Å². The van der Waals surface area contributed by atoms with Crippen LogP contribution in [0, 0.1) is 11.8 Å². The minimum atomic E-state index is -0.489. The molecule has 1 N–H and O–H groups in total. The number of ether oxygens (including phenoxy) is 1. The van der Waals surface area contributed by atoms with Gasteiger partial charge < -0.3 is 9.84 Å². The first kappa shape index (κ1) is 13.5. The van der Waals surface area contributed by atoms with Crippen molar-refractivity contribution < 1.29 is 9.84 Å². The van der Waals surface area contributed by atoms with Gasteiger partial charge in [0.05, 0.1) is 13.2 Å². The minimum absolute atomic E-state index is 0.489. The summed E-state index contributed by atoms with van der Waals surface area (Å²) in [6, 6.07) is 11.8. The molecule has 0 saturated heterocycles. The van der Waals surface area contributed by atoms with Gasteiger partial charge in [0.2, 0.25) is 0 Å². The lowest BCUT2D eigenvalue weighted by Crippen LogP contribution is -1.99. The molecule has 0 spiro atoms. The van der Waals surface area contributed by atoms with E-state index in [1.165, 1.54) is 0 Å². The lowest BCUT2D eigenvalue weighted by atomic mass is 9.97. The Hall–Kier alpha value is -1.98. The maximum absolute atomic E-state index is 10.3. The fourth-order valence-corrected chi connectivity index (χ4v) is 2.25. The van der Waals surface area contributed by atoms with E-state index < -0.39 is 6.10 Å². The number of hydrogen-bond donors (Lipinski definition) is 1. The van der Waals surface area contributed by atoms with Gasteiger partial charge in [-0.2, -0.15) is 0 Å². The molecule has 0 aliphatic rings. The van der Waals surface area contributed by atoms with Gasteiger partial charge in [0, 0.05) is 11.8 Å². The molecule has 19 heavy (non-hydrogen) atoms. The van der Waals surface area contributed by atoms with Gasteiger partial charge in [-0.05, 0) is 30.4 Å². The highest BCUT2D eigenvalue weighted by atomic mass is 16.5. The van der Waals surface area contributed by atoms with Gasteiger partial charge in [0.1, 0.15) is 5.75 Å². The molecule has 1 atom stereocenters. The predicted octanol–water partition coefficient (Wildman–Crippen LogP) is 3.69. The molecule has 0 aliphatic heterocycles. The zero-order valence-electron chi connectivity index (χ0n) is 11.3. The molecule has 2 nitrogen and oxygen atoms in total. The number of aliphatic hydroxyl groups excluding tert-OH is 1. The van der Waals surface area contributed by atoms with E-state index in [2.05, 4.69) is 11.8 Å². The van der Waals surface area contributed by atoms with Crippen LogP contribution in [0.5, 0.6) is 5.75 Å². The van der Waals surface area contributed by atoms with Crippen LogP contribution in [0.25, 0.3) is 10.8 Å². The van der Waals surface area contributed by atoms with E-state index in [4.69, 9.17) is 4.74 Å². The van der Waals surface area contributed by atoms with Crippen molar-refractivity contribution in [2.45, 2.75) is 25.9 Å². The van der Waals surface area contributed by atoms with E-state index in [0.29, 0.717) is 12.8 Å². The van der Waals surface area contributed by atoms with Crippen molar-refractivity contribution in [2.24, 2.45) is 0 Å². The fourth-order valence-electron chi connectivity index (χ4n) is 2.25. The van der Waals surface area contributed by atoms with E-state index in [9.17, 15) is 5.11 Å². The van der Waals surface area contributed by atoms with Crippen molar-refractivity contribution in [3.8, 4) is 17.6 Å². The van der Waals surface area contributed by atoms with Crippen molar-refractivity contribution in [2.75, 3.05) is 7.11 Å². The molecule has 1 unspecified atom stereocenters. The maximum Gasteiger partial charge on any atom is 0.126 e. The summed E-state index contributed by atoms with van der Waals surface area (Å²) in [5, 5.41) is 12.4. The summed E-state index contributed by atoms with van der Waals surface area (Å²) in [7, 11) is 1.66. The zero-order chi connectivity index (χ0) is 13.7. The summed E-state index contributed by atoms with van der Waals surface area (Å²) in [6.07, 6.45) is 0.867. The smallest absolute Gasteiger partial charge is 0.126 e. The van der Waals surface area contributed by atoms with Crippen LogP contribution in [0.15, 0.2) is 36.4 Å². The number of hydrogen-bond acceptors (Lipinski definition) is 2. The topological polar surface area (TPSA) is 29.5 Å². The van der Waals surface area contributed by atoms with Gasteiger partial charge in [-0.1, -0.05) is 30.3 Å². The Bertz CT molecular complexity index is 620. The summed E-state index contributed by atoms with van der Waals surface area (Å²) in [5.74, 6) is 6.67. The first-order chi connectivity index (χ1) is 9.27. The highest BCUT2D eigenvalue weighted by Crippen LogP contribution is 2.32. The second-order valence-corrected chi connectivity index (χ2v) is 4.38. The van der Waals surface area contributed by atoms with E-state index in [1.807, 2.05) is 43.3 Å². The van der Waals surface area contributed by atoms with Crippen LogP contribution in [-0.4, -0.2) is 12.2 Å². The Kier molecular flexibility index (Phi) is 4.43. The molecule has 0 bridgehead atoms. The minimum Gasteiger partial charge on any atom is -0.496 e. The second kappa shape index (κ2) is 6.26. The largest absolute Gasteiger partial charge is 0.496 e. The molecule has 0 amide bonds. The van der Waals surface area contributed by atoms with Crippen LogP contribution in [0.4, 0.5) is 0 Å². The molecule has 0 fully saturated rings. The molecule has 2 aromatic rings. The van der Waals surface area contributed by atoms with E-state index >= 15 is 0 Å². The Labute approximate surface area is 114 Å². The highest BCUT2D eigenvalue weighted by molar-refractivity contribution is 5.91. The third kappa shape index (κ3) is 2.89. The van der Waals surface area contributed by atoms with Crippen LogP contribution in [-0.2, 0) is 0 Å². The molecular weight excluding hydrogens is 236 g/mol. The van der Waals surface area contributed by atoms with E-state index in [-0.39, 0.29) is 0 Å². The molecular formula is C17H18O2. The van der Waals surface area contributed by atoms with Crippen molar-refractivity contribution >= 4 is 10.8 Å². The average molecular weight is 254 g/mol. The molecule has 2 heteroatoms. The molecule has 2 aromatic carbocycles. The Balaban J connectivity index is 2.40. The number of methoxy groups -OCH3 is 1. The highest BCUT2D eigenvalue weighted by Gasteiger charge is 2.12. The molecule has 2 rings (SSSR count). The maximum atomic E-state index is 10.3. The first-order valence-electron chi connectivity index (χ1n) is 6.41. The third-order valence-corrected chi connectivity index (χ3v) is 3.22. The summed E-state index contributed by atoms with van der Waals surface area (Å²) in [4.78, 5) is 0. The van der Waals surface area contributed by atoms with Gasteiger partial charge >= 0.3 is 0 Å². The monoisotopic (exact) mass is 254 g/mol. The Morgan fingerprint density at radius 2 is 1.89 bits per heavy atom. The van der Waals surface area contributed by atoms with Crippen LogP contribution < -0.4 is 4.74 Å². The Morgan fingerprint density at radius 3 is 2.58 bits per heavy atom. The van der Waals surface area contributed by atoms with Gasteiger partial charge in [-0.25, -0.2) is 0 Å². The average Bonchev–Trinajstić information content (AvgIpc) is 2.46. The van der Waals surface area contributed by atoms with Crippen LogP contribution >= 0.6 is 0 Å². The lowest BCUT2D eigenvalue weighted by molar-refractivity contribution is 0.171. The second-order valence-electron chi connectivity index (χ2n) is 4.38. The van der Waals surface area contributed by atoms with Gasteiger partial charge in [0.25, 0.3) is 0 Å². The molecule has 0 radical (unpaired) electrons.